The molecule has 1 rings (SSSR count). The second-order valence-electron chi connectivity index (χ2n) is 4.89. The molecule has 0 aromatic carbocycles. The fraction of sp³-hybridized carbons (Fsp3) is 0.867. The predicted octanol–water partition coefficient (Wildman–Crippen LogP) is 5.63. The highest BCUT2D eigenvalue weighted by molar-refractivity contribution is 5.13. The number of allylic oxidation sites excluding steroid dienone is 2. The summed E-state index contributed by atoms with van der Waals surface area (Å²) in [4.78, 5) is 0. The van der Waals surface area contributed by atoms with Crippen LogP contribution in [0.25, 0.3) is 0 Å². The largest absolute Gasteiger partial charge is 0.0716 e. The molecule has 15 heavy (non-hydrogen) atoms. The molecule has 0 nitrogen and oxygen atoms in total. The molecule has 1 aliphatic carbocycles. The summed E-state index contributed by atoms with van der Waals surface area (Å²) in [5, 5.41) is 0. The van der Waals surface area contributed by atoms with E-state index >= 15 is 0 Å². The molecule has 0 aromatic rings. The van der Waals surface area contributed by atoms with Crippen LogP contribution in [0.2, 0.25) is 0 Å². The molecule has 88 valence electrons. The van der Waals surface area contributed by atoms with Gasteiger partial charge in [-0.1, -0.05) is 57.1 Å². The van der Waals surface area contributed by atoms with Crippen molar-refractivity contribution in [3.05, 3.63) is 11.1 Å². The fourth-order valence-corrected chi connectivity index (χ4v) is 2.79. The average Bonchev–Trinajstić information content (AvgIpc) is 2.28. The van der Waals surface area contributed by atoms with E-state index in [1.165, 1.54) is 70.6 Å². The van der Waals surface area contributed by atoms with Crippen molar-refractivity contribution < 1.29 is 0 Å². The fourth-order valence-electron chi connectivity index (χ4n) is 2.79. The van der Waals surface area contributed by atoms with Gasteiger partial charge in [-0.05, 0) is 38.5 Å². The Morgan fingerprint density at radius 2 is 1.13 bits per heavy atom. The third-order valence-electron chi connectivity index (χ3n) is 3.81. The number of hydrogen-bond acceptors (Lipinski definition) is 0. The van der Waals surface area contributed by atoms with Crippen molar-refractivity contribution in [3.8, 4) is 0 Å². The van der Waals surface area contributed by atoms with Crippen molar-refractivity contribution in [1.29, 1.82) is 0 Å². The van der Waals surface area contributed by atoms with Crippen LogP contribution in [0.4, 0.5) is 0 Å². The van der Waals surface area contributed by atoms with Gasteiger partial charge >= 0.3 is 0 Å². The summed E-state index contributed by atoms with van der Waals surface area (Å²) in [5.74, 6) is 0. The molecule has 0 amide bonds. The van der Waals surface area contributed by atoms with Gasteiger partial charge in [-0.3, -0.25) is 0 Å². The van der Waals surface area contributed by atoms with Crippen LogP contribution in [0.3, 0.4) is 0 Å². The van der Waals surface area contributed by atoms with Crippen LogP contribution in [0.5, 0.6) is 0 Å². The second kappa shape index (κ2) is 7.96. The lowest BCUT2D eigenvalue weighted by Gasteiger charge is -2.15. The second-order valence-corrected chi connectivity index (χ2v) is 4.89. The molecule has 0 N–H and O–H groups in total. The molecular formula is C15H28. The smallest absolute Gasteiger partial charge is 0.0318 e. The van der Waals surface area contributed by atoms with Crippen LogP contribution in [-0.2, 0) is 0 Å². The van der Waals surface area contributed by atoms with Gasteiger partial charge in [0.05, 0.1) is 0 Å². The Labute approximate surface area is 96.2 Å². The Bertz CT molecular complexity index is 170. The Morgan fingerprint density at radius 3 is 1.53 bits per heavy atom. The number of rotatable bonds is 2. The molecule has 0 aromatic heterocycles. The summed E-state index contributed by atoms with van der Waals surface area (Å²) in [6, 6.07) is 0. The quantitative estimate of drug-likeness (QED) is 0.516. The van der Waals surface area contributed by atoms with E-state index < -0.39 is 0 Å². The van der Waals surface area contributed by atoms with Crippen LogP contribution in [0.1, 0.15) is 84.5 Å². The Kier molecular flexibility index (Phi) is 6.80. The van der Waals surface area contributed by atoms with Gasteiger partial charge in [-0.25, -0.2) is 0 Å². The minimum Gasteiger partial charge on any atom is -0.0716 e. The highest BCUT2D eigenvalue weighted by atomic mass is 14.1. The van der Waals surface area contributed by atoms with Gasteiger partial charge in [0.25, 0.3) is 0 Å². The zero-order chi connectivity index (χ0) is 10.9. The normalized spacial score (nSPS) is 20.0. The molecule has 0 unspecified atom stereocenters. The van der Waals surface area contributed by atoms with Gasteiger partial charge in [0, 0.05) is 0 Å². The first-order chi connectivity index (χ1) is 7.38. The van der Waals surface area contributed by atoms with Crippen molar-refractivity contribution >= 4 is 0 Å². The molecule has 0 spiro atoms. The van der Waals surface area contributed by atoms with Crippen LogP contribution < -0.4 is 0 Å². The summed E-state index contributed by atoms with van der Waals surface area (Å²) in [6.45, 7) is 4.65. The van der Waals surface area contributed by atoms with Crippen molar-refractivity contribution in [1.82, 2.24) is 0 Å². The molecular weight excluding hydrogens is 180 g/mol. The molecule has 0 heterocycles. The van der Waals surface area contributed by atoms with E-state index in [-0.39, 0.29) is 0 Å². The van der Waals surface area contributed by atoms with E-state index in [9.17, 15) is 0 Å². The summed E-state index contributed by atoms with van der Waals surface area (Å²) < 4.78 is 0. The van der Waals surface area contributed by atoms with E-state index in [2.05, 4.69) is 13.8 Å². The maximum Gasteiger partial charge on any atom is -0.0318 e. The first-order valence-corrected chi connectivity index (χ1v) is 7.08. The molecule has 1 saturated carbocycles. The van der Waals surface area contributed by atoms with E-state index in [0.717, 1.165) is 0 Å². The van der Waals surface area contributed by atoms with Crippen molar-refractivity contribution in [2.75, 3.05) is 0 Å². The third kappa shape index (κ3) is 4.86. The molecule has 0 aliphatic heterocycles. The number of hydrogen-bond donors (Lipinski definition) is 0. The molecule has 0 radical (unpaired) electrons. The predicted molar refractivity (Wildman–Crippen MR) is 69.2 cm³/mol. The first-order valence-electron chi connectivity index (χ1n) is 7.08. The summed E-state index contributed by atoms with van der Waals surface area (Å²) in [5.41, 5.74) is 3.58. The molecule has 0 saturated heterocycles. The van der Waals surface area contributed by atoms with Gasteiger partial charge in [-0.15, -0.1) is 0 Å². The maximum atomic E-state index is 2.32. The lowest BCUT2D eigenvalue weighted by atomic mass is 9.91. The van der Waals surface area contributed by atoms with Gasteiger partial charge in [-0.2, -0.15) is 0 Å². The van der Waals surface area contributed by atoms with Crippen LogP contribution in [0, 0.1) is 0 Å². The maximum absolute atomic E-state index is 2.32. The monoisotopic (exact) mass is 208 g/mol. The van der Waals surface area contributed by atoms with E-state index in [4.69, 9.17) is 0 Å². The minimum absolute atomic E-state index is 1.28. The van der Waals surface area contributed by atoms with E-state index in [0.29, 0.717) is 0 Å². The topological polar surface area (TPSA) is 0 Å². The lowest BCUT2D eigenvalue weighted by Crippen LogP contribution is -1.95. The highest BCUT2D eigenvalue weighted by Gasteiger charge is 2.06. The first kappa shape index (κ1) is 12.8. The average molecular weight is 208 g/mol. The van der Waals surface area contributed by atoms with Gasteiger partial charge in [0.2, 0.25) is 0 Å². The Hall–Kier alpha value is -0.260. The third-order valence-corrected chi connectivity index (χ3v) is 3.81. The molecule has 0 bridgehead atoms. The SMILES string of the molecule is CCC(CC)=C1CCCCCCCCC1. The van der Waals surface area contributed by atoms with Gasteiger partial charge in [0.1, 0.15) is 0 Å². The zero-order valence-electron chi connectivity index (χ0n) is 10.8. The Balaban J connectivity index is 2.54. The van der Waals surface area contributed by atoms with Crippen LogP contribution in [-0.4, -0.2) is 0 Å². The molecule has 1 fully saturated rings. The zero-order valence-corrected chi connectivity index (χ0v) is 10.8. The summed E-state index contributed by atoms with van der Waals surface area (Å²) in [6.07, 6.45) is 15.6. The minimum atomic E-state index is 1.28. The van der Waals surface area contributed by atoms with Crippen LogP contribution >= 0.6 is 0 Å². The van der Waals surface area contributed by atoms with Crippen molar-refractivity contribution in [3.63, 3.8) is 0 Å². The standard InChI is InChI=1S/C15H28/c1-3-14(4-2)15-12-10-8-6-5-7-9-11-13-15/h3-13H2,1-2H3. The van der Waals surface area contributed by atoms with Crippen LogP contribution in [0.15, 0.2) is 11.1 Å². The van der Waals surface area contributed by atoms with E-state index in [1.54, 1.807) is 5.57 Å². The van der Waals surface area contributed by atoms with Gasteiger partial charge < -0.3 is 0 Å². The molecule has 0 heteroatoms. The van der Waals surface area contributed by atoms with Gasteiger partial charge in [0.15, 0.2) is 0 Å². The lowest BCUT2D eigenvalue weighted by molar-refractivity contribution is 0.547. The Morgan fingerprint density at radius 1 is 0.733 bits per heavy atom. The summed E-state index contributed by atoms with van der Waals surface area (Å²) >= 11 is 0. The molecule has 1 aliphatic rings. The highest BCUT2D eigenvalue weighted by Crippen LogP contribution is 2.26. The van der Waals surface area contributed by atoms with E-state index in [1.807, 2.05) is 5.57 Å². The van der Waals surface area contributed by atoms with Crippen molar-refractivity contribution in [2.24, 2.45) is 0 Å². The molecule has 0 atom stereocenters. The van der Waals surface area contributed by atoms with Crippen molar-refractivity contribution in [2.45, 2.75) is 84.5 Å². The summed E-state index contributed by atoms with van der Waals surface area (Å²) in [7, 11) is 0.